The van der Waals surface area contributed by atoms with Crippen LogP contribution in [0, 0.1) is 0 Å². The molecule has 2 N–H and O–H groups in total. The van der Waals surface area contributed by atoms with Gasteiger partial charge in [-0.05, 0) is 39.4 Å². The second-order valence-electron chi connectivity index (χ2n) is 6.16. The Morgan fingerprint density at radius 1 is 1.57 bits per heavy atom. The molecule has 0 aliphatic carbocycles. The van der Waals surface area contributed by atoms with Gasteiger partial charge >= 0.3 is 0 Å². The van der Waals surface area contributed by atoms with Crippen molar-refractivity contribution >= 4 is 14.2 Å². The zero-order valence-electron chi connectivity index (χ0n) is 14.4. The van der Waals surface area contributed by atoms with E-state index in [1.54, 1.807) is 0 Å². The normalized spacial score (nSPS) is 27.0. The summed E-state index contributed by atoms with van der Waals surface area (Å²) >= 11 is 0. The van der Waals surface area contributed by atoms with Crippen LogP contribution < -0.4 is 5.32 Å². The molecule has 3 unspecified atom stereocenters. The molecule has 124 valence electrons. The lowest BCUT2D eigenvalue weighted by atomic mass is 10.3. The SMILES string of the molecule is [3H]C1CC(OCC(=O)NCCC[Si](C)(C)OC(C)C)C(O)O1. The molecule has 0 aromatic rings. The minimum atomic E-state index is -1.65. The van der Waals surface area contributed by atoms with Gasteiger partial charge in [0, 0.05) is 19.1 Å². The van der Waals surface area contributed by atoms with Crippen LogP contribution in [0.5, 0.6) is 0 Å². The van der Waals surface area contributed by atoms with Gasteiger partial charge in [-0.25, -0.2) is 0 Å². The van der Waals surface area contributed by atoms with Gasteiger partial charge in [-0.1, -0.05) is 0 Å². The molecule has 6 nitrogen and oxygen atoms in total. The van der Waals surface area contributed by atoms with Crippen molar-refractivity contribution in [2.45, 2.75) is 64.3 Å². The van der Waals surface area contributed by atoms with Crippen molar-refractivity contribution in [2.24, 2.45) is 0 Å². The van der Waals surface area contributed by atoms with Gasteiger partial charge in [-0.15, -0.1) is 0 Å². The quantitative estimate of drug-likeness (QED) is 0.494. The van der Waals surface area contributed by atoms with Crippen molar-refractivity contribution < 1.29 is 25.2 Å². The van der Waals surface area contributed by atoms with E-state index in [4.69, 9.17) is 15.3 Å². The minimum Gasteiger partial charge on any atom is -0.415 e. The topological polar surface area (TPSA) is 77.0 Å². The first-order valence-corrected chi connectivity index (χ1v) is 10.6. The summed E-state index contributed by atoms with van der Waals surface area (Å²) in [6.07, 6.45) is -0.317. The van der Waals surface area contributed by atoms with Crippen LogP contribution in [0.4, 0.5) is 0 Å². The first-order valence-electron chi connectivity index (χ1n) is 8.09. The largest absolute Gasteiger partial charge is 0.415 e. The number of hydrogen-bond donors (Lipinski definition) is 2. The summed E-state index contributed by atoms with van der Waals surface area (Å²) < 4.78 is 23.4. The van der Waals surface area contributed by atoms with Crippen LogP contribution in [-0.2, 0) is 18.7 Å². The fourth-order valence-corrected chi connectivity index (χ4v) is 4.70. The Hall–Kier alpha value is -0.473. The highest BCUT2D eigenvalue weighted by Crippen LogP contribution is 2.16. The van der Waals surface area contributed by atoms with Gasteiger partial charge in [-0.2, -0.15) is 0 Å². The average molecular weight is 321 g/mol. The third-order valence-electron chi connectivity index (χ3n) is 3.14. The summed E-state index contributed by atoms with van der Waals surface area (Å²) in [7, 11) is -1.65. The van der Waals surface area contributed by atoms with Crippen molar-refractivity contribution in [2.75, 3.05) is 19.7 Å². The molecule has 1 saturated heterocycles. The molecule has 1 aliphatic heterocycles. The van der Waals surface area contributed by atoms with E-state index in [1.807, 2.05) is 13.8 Å². The van der Waals surface area contributed by atoms with Crippen LogP contribution >= 0.6 is 0 Å². The van der Waals surface area contributed by atoms with Crippen molar-refractivity contribution in [3.63, 3.8) is 0 Å². The Kier molecular flexibility index (Phi) is 7.11. The van der Waals surface area contributed by atoms with Gasteiger partial charge in [0.25, 0.3) is 0 Å². The van der Waals surface area contributed by atoms with Crippen molar-refractivity contribution in [3.05, 3.63) is 0 Å². The molecule has 0 radical (unpaired) electrons. The summed E-state index contributed by atoms with van der Waals surface area (Å²) in [6.45, 7) is 8.11. The molecular weight excluding hydrogens is 290 g/mol. The molecule has 1 fully saturated rings. The number of carbonyl (C=O) groups excluding carboxylic acids is 1. The highest BCUT2D eigenvalue weighted by Gasteiger charge is 2.27. The molecule has 1 amide bonds. The Morgan fingerprint density at radius 2 is 2.29 bits per heavy atom. The molecule has 0 bridgehead atoms. The van der Waals surface area contributed by atoms with Crippen LogP contribution in [0.15, 0.2) is 0 Å². The van der Waals surface area contributed by atoms with E-state index in [-0.39, 0.29) is 25.0 Å². The maximum atomic E-state index is 11.7. The van der Waals surface area contributed by atoms with Crippen LogP contribution in [0.1, 0.15) is 28.1 Å². The number of nitrogens with one attached hydrogen (secondary N) is 1. The molecular formula is C14H29NO5Si. The molecule has 0 spiro atoms. The van der Waals surface area contributed by atoms with Crippen molar-refractivity contribution in [3.8, 4) is 0 Å². The molecule has 21 heavy (non-hydrogen) atoms. The molecule has 0 saturated carbocycles. The maximum Gasteiger partial charge on any atom is 0.246 e. The molecule has 1 aliphatic rings. The molecule has 1 rings (SSSR count). The molecule has 3 atom stereocenters. The van der Waals surface area contributed by atoms with Gasteiger partial charge < -0.3 is 24.3 Å². The van der Waals surface area contributed by atoms with E-state index < -0.39 is 27.3 Å². The summed E-state index contributed by atoms with van der Waals surface area (Å²) in [5, 5.41) is 12.2. The van der Waals surface area contributed by atoms with E-state index in [1.165, 1.54) is 0 Å². The number of amides is 1. The predicted molar refractivity (Wildman–Crippen MR) is 82.5 cm³/mol. The van der Waals surface area contributed by atoms with E-state index >= 15 is 0 Å². The standard InChI is InChI=1S/C14H29NO5Si/c1-11(2)20-21(3,4)9-5-7-15-13(16)10-19-12-6-8-18-14(12)17/h11-12,14,17H,5-10H2,1-4H3,(H,15,16)/i8T. The summed E-state index contributed by atoms with van der Waals surface area (Å²) in [4.78, 5) is 11.7. The fourth-order valence-electron chi connectivity index (χ4n) is 2.28. The van der Waals surface area contributed by atoms with Gasteiger partial charge in [0.15, 0.2) is 14.6 Å². The lowest BCUT2D eigenvalue weighted by Crippen LogP contribution is -2.36. The van der Waals surface area contributed by atoms with Gasteiger partial charge in [0.2, 0.25) is 5.91 Å². The zero-order chi connectivity index (χ0) is 16.8. The van der Waals surface area contributed by atoms with E-state index in [0.29, 0.717) is 6.54 Å². The van der Waals surface area contributed by atoms with E-state index in [9.17, 15) is 9.90 Å². The van der Waals surface area contributed by atoms with Crippen LogP contribution in [0.25, 0.3) is 0 Å². The number of carbonyl (C=O) groups is 1. The summed E-state index contributed by atoms with van der Waals surface area (Å²) in [5.74, 6) is -0.218. The number of rotatable bonds is 9. The summed E-state index contributed by atoms with van der Waals surface area (Å²) in [6, 6.07) is 0.988. The lowest BCUT2D eigenvalue weighted by Gasteiger charge is -2.25. The fraction of sp³-hybridized carbons (Fsp3) is 0.929. The molecule has 1 heterocycles. The Bertz CT molecular complexity index is 356. The highest BCUT2D eigenvalue weighted by atomic mass is 28.4. The average Bonchev–Trinajstić information content (AvgIpc) is 2.69. The Morgan fingerprint density at radius 3 is 2.86 bits per heavy atom. The second kappa shape index (κ2) is 8.85. The van der Waals surface area contributed by atoms with E-state index in [2.05, 4.69) is 18.4 Å². The zero-order valence-corrected chi connectivity index (χ0v) is 14.4. The van der Waals surface area contributed by atoms with E-state index in [0.717, 1.165) is 12.5 Å². The van der Waals surface area contributed by atoms with Crippen LogP contribution in [0.2, 0.25) is 19.1 Å². The first-order chi connectivity index (χ1) is 10.2. The minimum absolute atomic E-state index is 0.124. The molecule has 7 heteroatoms. The number of aliphatic hydroxyl groups is 1. The highest BCUT2D eigenvalue weighted by molar-refractivity contribution is 6.71. The maximum absolute atomic E-state index is 11.7. The Balaban J connectivity index is 2.11. The third-order valence-corrected chi connectivity index (χ3v) is 5.81. The van der Waals surface area contributed by atoms with Gasteiger partial charge in [0.1, 0.15) is 12.7 Å². The van der Waals surface area contributed by atoms with Gasteiger partial charge in [-0.3, -0.25) is 4.79 Å². The van der Waals surface area contributed by atoms with Crippen molar-refractivity contribution in [1.82, 2.24) is 5.32 Å². The number of hydrogen-bond acceptors (Lipinski definition) is 5. The predicted octanol–water partition coefficient (Wildman–Crippen LogP) is 1.25. The van der Waals surface area contributed by atoms with Crippen LogP contribution in [-0.4, -0.2) is 57.6 Å². The smallest absolute Gasteiger partial charge is 0.246 e. The van der Waals surface area contributed by atoms with Gasteiger partial charge in [0.05, 0.1) is 7.95 Å². The lowest BCUT2D eigenvalue weighted by molar-refractivity contribution is -0.143. The Labute approximate surface area is 129 Å². The monoisotopic (exact) mass is 321 g/mol. The number of aliphatic hydroxyl groups excluding tert-OH is 1. The second-order valence-corrected chi connectivity index (χ2v) is 10.4. The first kappa shape index (κ1) is 16.9. The molecule has 0 aromatic heterocycles. The third kappa shape index (κ3) is 7.92. The van der Waals surface area contributed by atoms with Crippen LogP contribution in [0.3, 0.4) is 0 Å². The van der Waals surface area contributed by atoms with Crippen molar-refractivity contribution in [1.29, 1.82) is 0 Å². The molecule has 0 aromatic carbocycles. The number of ether oxygens (including phenoxy) is 2. The summed E-state index contributed by atoms with van der Waals surface area (Å²) in [5.41, 5.74) is 0.